The van der Waals surface area contributed by atoms with E-state index in [-0.39, 0.29) is 0 Å². The van der Waals surface area contributed by atoms with E-state index in [1.807, 2.05) is 11.0 Å². The Bertz CT molecular complexity index is 158. The summed E-state index contributed by atoms with van der Waals surface area (Å²) in [5.41, 5.74) is 1.68. The van der Waals surface area contributed by atoms with Crippen LogP contribution < -0.4 is 0 Å². The van der Waals surface area contributed by atoms with Gasteiger partial charge in [-0.05, 0) is 17.9 Å². The van der Waals surface area contributed by atoms with Crippen LogP contribution in [0, 0.1) is 5.41 Å². The third-order valence-electron chi connectivity index (χ3n) is 0.719. The molecule has 0 atom stereocenters. The van der Waals surface area contributed by atoms with Gasteiger partial charge in [0.2, 0.25) is 0 Å². The fraction of sp³-hybridized carbons (Fsp3) is 0.333. The molecular formula is C6H9IN2. The van der Waals surface area contributed by atoms with Crippen LogP contribution in [0.5, 0.6) is 0 Å². The number of nitrogens with zero attached hydrogens (tertiary/aromatic N) is 1. The van der Waals surface area contributed by atoms with Crippen LogP contribution in [0.15, 0.2) is 14.8 Å². The van der Waals surface area contributed by atoms with Gasteiger partial charge >= 0.3 is 0 Å². The summed E-state index contributed by atoms with van der Waals surface area (Å²) >= 11 is 2.12. The molecule has 0 fully saturated rings. The first-order valence-electron chi connectivity index (χ1n) is 2.53. The zero-order valence-corrected chi connectivity index (χ0v) is 7.64. The Morgan fingerprint density at radius 2 is 2.11 bits per heavy atom. The molecule has 0 amide bonds. The fourth-order valence-electron chi connectivity index (χ4n) is 0.335. The van der Waals surface area contributed by atoms with Crippen molar-refractivity contribution in [2.45, 2.75) is 13.8 Å². The zero-order valence-electron chi connectivity index (χ0n) is 5.48. The van der Waals surface area contributed by atoms with E-state index in [2.05, 4.69) is 27.6 Å². The van der Waals surface area contributed by atoms with Crippen molar-refractivity contribution in [1.29, 1.82) is 5.41 Å². The van der Waals surface area contributed by atoms with Crippen molar-refractivity contribution in [3.8, 4) is 0 Å². The molecule has 0 rings (SSSR count). The molecule has 0 saturated heterocycles. The molecule has 9 heavy (non-hydrogen) atoms. The molecule has 0 aliphatic carbocycles. The summed E-state index contributed by atoms with van der Waals surface area (Å²) in [5, 5.41) is 6.79. The molecule has 3 heteroatoms. The van der Waals surface area contributed by atoms with Crippen LogP contribution in [0.25, 0.3) is 0 Å². The third-order valence-corrected chi connectivity index (χ3v) is 1.62. The number of allylic oxidation sites excluding steroid dienone is 1. The molecule has 0 spiro atoms. The summed E-state index contributed by atoms with van der Waals surface area (Å²) < 4.78 is 1.88. The quantitative estimate of drug-likeness (QED) is 0.564. The van der Waals surface area contributed by atoms with Gasteiger partial charge in [0, 0.05) is 11.9 Å². The van der Waals surface area contributed by atoms with Crippen LogP contribution in [0.4, 0.5) is 0 Å². The van der Waals surface area contributed by atoms with E-state index in [0.717, 1.165) is 11.4 Å². The SMILES string of the molecule is CC(=C/I)/N=C(/C)C=N. The van der Waals surface area contributed by atoms with Crippen molar-refractivity contribution < 1.29 is 0 Å². The van der Waals surface area contributed by atoms with E-state index in [4.69, 9.17) is 5.41 Å². The molecule has 0 bridgehead atoms. The maximum atomic E-state index is 6.79. The maximum absolute atomic E-state index is 6.79. The van der Waals surface area contributed by atoms with Crippen molar-refractivity contribution in [3.63, 3.8) is 0 Å². The summed E-state index contributed by atoms with van der Waals surface area (Å²) in [6.07, 6.45) is 1.24. The minimum Gasteiger partial charge on any atom is -0.307 e. The minimum atomic E-state index is 0.736. The molecule has 0 aromatic carbocycles. The molecular weight excluding hydrogens is 227 g/mol. The Morgan fingerprint density at radius 1 is 1.56 bits per heavy atom. The highest BCUT2D eigenvalue weighted by molar-refractivity contribution is 14.1. The summed E-state index contributed by atoms with van der Waals surface area (Å²) in [7, 11) is 0. The first kappa shape index (κ1) is 8.81. The van der Waals surface area contributed by atoms with Crippen molar-refractivity contribution in [1.82, 2.24) is 0 Å². The third kappa shape index (κ3) is 4.32. The highest BCUT2D eigenvalue weighted by atomic mass is 127. The van der Waals surface area contributed by atoms with Crippen molar-refractivity contribution >= 4 is 34.5 Å². The molecule has 50 valence electrons. The van der Waals surface area contributed by atoms with Crippen LogP contribution in [0.1, 0.15) is 13.8 Å². The number of nitrogens with one attached hydrogen (secondary N) is 1. The monoisotopic (exact) mass is 236 g/mol. The Hall–Kier alpha value is -0.190. The van der Waals surface area contributed by atoms with E-state index in [0.29, 0.717) is 0 Å². The molecule has 0 unspecified atom stereocenters. The Morgan fingerprint density at radius 3 is 2.44 bits per heavy atom. The van der Waals surface area contributed by atoms with Gasteiger partial charge in [0.15, 0.2) is 0 Å². The largest absolute Gasteiger partial charge is 0.307 e. The lowest BCUT2D eigenvalue weighted by molar-refractivity contribution is 1.32. The average Bonchev–Trinajstić information content (AvgIpc) is 1.87. The van der Waals surface area contributed by atoms with Crippen LogP contribution in [0.3, 0.4) is 0 Å². The molecule has 0 aromatic heterocycles. The van der Waals surface area contributed by atoms with Gasteiger partial charge in [-0.25, -0.2) is 0 Å². The zero-order chi connectivity index (χ0) is 7.28. The molecule has 0 aliphatic rings. The lowest BCUT2D eigenvalue weighted by Crippen LogP contribution is -1.89. The van der Waals surface area contributed by atoms with Gasteiger partial charge in [-0.1, -0.05) is 22.6 Å². The standard InChI is InChI=1S/C6H9IN2/c1-5(3-7)9-6(2)4-8/h3-4,8H,1-2H3/b5-3-,8-4?,9-6-. The highest BCUT2D eigenvalue weighted by Crippen LogP contribution is 1.98. The summed E-state index contributed by atoms with van der Waals surface area (Å²) in [6.45, 7) is 3.70. The summed E-state index contributed by atoms with van der Waals surface area (Å²) in [5.74, 6) is 0. The molecule has 0 aromatic rings. The fourth-order valence-corrected chi connectivity index (χ4v) is 0.474. The van der Waals surface area contributed by atoms with Crippen LogP contribution in [-0.2, 0) is 0 Å². The second kappa shape index (κ2) is 4.67. The summed E-state index contributed by atoms with van der Waals surface area (Å²) in [6, 6.07) is 0. The predicted octanol–water partition coefficient (Wildman–Crippen LogP) is 2.39. The lowest BCUT2D eigenvalue weighted by Gasteiger charge is -1.88. The second-order valence-corrected chi connectivity index (χ2v) is 2.27. The van der Waals surface area contributed by atoms with Crippen LogP contribution in [-0.4, -0.2) is 11.9 Å². The number of hydrogen-bond acceptors (Lipinski definition) is 2. The minimum absolute atomic E-state index is 0.736. The number of rotatable bonds is 2. The predicted molar refractivity (Wildman–Crippen MR) is 49.7 cm³/mol. The van der Waals surface area contributed by atoms with Crippen LogP contribution >= 0.6 is 22.6 Å². The van der Waals surface area contributed by atoms with E-state index < -0.39 is 0 Å². The van der Waals surface area contributed by atoms with E-state index in [1.165, 1.54) is 6.21 Å². The maximum Gasteiger partial charge on any atom is 0.0551 e. The van der Waals surface area contributed by atoms with Gasteiger partial charge < -0.3 is 5.41 Å². The van der Waals surface area contributed by atoms with E-state index >= 15 is 0 Å². The van der Waals surface area contributed by atoms with Crippen molar-refractivity contribution in [2.24, 2.45) is 4.99 Å². The Labute approximate surface area is 68.7 Å². The van der Waals surface area contributed by atoms with Gasteiger partial charge in [0.1, 0.15) is 0 Å². The highest BCUT2D eigenvalue weighted by Gasteiger charge is 1.82. The molecule has 0 heterocycles. The second-order valence-electron chi connectivity index (χ2n) is 1.65. The molecule has 0 aliphatic heterocycles. The van der Waals surface area contributed by atoms with Gasteiger partial charge in [0.05, 0.1) is 5.71 Å². The van der Waals surface area contributed by atoms with Gasteiger partial charge in [0.25, 0.3) is 0 Å². The smallest absolute Gasteiger partial charge is 0.0551 e. The van der Waals surface area contributed by atoms with E-state index in [9.17, 15) is 0 Å². The number of aliphatic imine (C=N–C) groups is 1. The molecule has 1 N–H and O–H groups in total. The molecule has 2 nitrogen and oxygen atoms in total. The Balaban J connectivity index is 4.11. The van der Waals surface area contributed by atoms with Gasteiger partial charge in [-0.15, -0.1) is 0 Å². The van der Waals surface area contributed by atoms with E-state index in [1.54, 1.807) is 6.92 Å². The van der Waals surface area contributed by atoms with Crippen molar-refractivity contribution in [2.75, 3.05) is 0 Å². The summed E-state index contributed by atoms with van der Waals surface area (Å²) in [4.78, 5) is 4.04. The molecule has 0 saturated carbocycles. The van der Waals surface area contributed by atoms with Crippen LogP contribution in [0.2, 0.25) is 0 Å². The number of halogens is 1. The first-order valence-corrected chi connectivity index (χ1v) is 3.78. The Kier molecular flexibility index (Phi) is 4.57. The average molecular weight is 236 g/mol. The normalized spacial score (nSPS) is 13.7. The molecule has 0 radical (unpaired) electrons. The van der Waals surface area contributed by atoms with Gasteiger partial charge in [-0.2, -0.15) is 0 Å². The van der Waals surface area contributed by atoms with Crippen molar-refractivity contribution in [3.05, 3.63) is 9.78 Å². The first-order chi connectivity index (χ1) is 4.20. The van der Waals surface area contributed by atoms with Gasteiger partial charge in [-0.3, -0.25) is 4.99 Å². The topological polar surface area (TPSA) is 36.2 Å². The number of hydrogen-bond donors (Lipinski definition) is 1. The lowest BCUT2D eigenvalue weighted by atomic mass is 10.4.